The smallest absolute Gasteiger partial charge is 0.0725 e. The van der Waals surface area contributed by atoms with E-state index in [2.05, 4.69) is 76.6 Å². The molecule has 8 bridgehead atoms. The molecule has 1 aliphatic carbocycles. The molecule has 0 amide bonds. The first-order chi connectivity index (χ1) is 19.9. The highest BCUT2D eigenvalue weighted by Gasteiger charge is 2.26. The van der Waals surface area contributed by atoms with Gasteiger partial charge >= 0.3 is 0 Å². The van der Waals surface area contributed by atoms with Gasteiger partial charge in [0.1, 0.15) is 0 Å². The van der Waals surface area contributed by atoms with E-state index in [1.807, 2.05) is 0 Å². The van der Waals surface area contributed by atoms with E-state index >= 15 is 0 Å². The lowest BCUT2D eigenvalue weighted by molar-refractivity contribution is 0.796. The first kappa shape index (κ1) is 27.8. The molecular formula is C37H46N4. The van der Waals surface area contributed by atoms with Crippen molar-refractivity contribution < 1.29 is 0 Å². The van der Waals surface area contributed by atoms with Crippen LogP contribution in [0.1, 0.15) is 130 Å². The van der Waals surface area contributed by atoms with Crippen LogP contribution < -0.4 is 0 Å². The van der Waals surface area contributed by atoms with E-state index in [0.717, 1.165) is 49.2 Å². The van der Waals surface area contributed by atoms with Gasteiger partial charge in [0.25, 0.3) is 0 Å². The highest BCUT2D eigenvalue weighted by atomic mass is 14.8. The second-order valence-electron chi connectivity index (χ2n) is 12.3. The van der Waals surface area contributed by atoms with Gasteiger partial charge in [-0.05, 0) is 142 Å². The third-order valence-corrected chi connectivity index (χ3v) is 9.81. The van der Waals surface area contributed by atoms with E-state index in [4.69, 9.17) is 9.97 Å². The van der Waals surface area contributed by atoms with Gasteiger partial charge in [0, 0.05) is 27.6 Å². The molecule has 0 fully saturated rings. The van der Waals surface area contributed by atoms with E-state index in [-0.39, 0.29) is 0 Å². The van der Waals surface area contributed by atoms with Crippen LogP contribution in [0.4, 0.5) is 0 Å². The molecule has 214 valence electrons. The summed E-state index contributed by atoms with van der Waals surface area (Å²) in [5, 5.41) is 0. The van der Waals surface area contributed by atoms with Gasteiger partial charge in [-0.1, -0.05) is 33.6 Å². The van der Waals surface area contributed by atoms with Crippen LogP contribution in [-0.2, 0) is 19.3 Å². The Morgan fingerprint density at radius 3 is 2.15 bits per heavy atom. The van der Waals surface area contributed by atoms with Crippen molar-refractivity contribution in [1.82, 2.24) is 19.9 Å². The molecule has 2 aliphatic heterocycles. The number of unbranched alkanes of at least 4 members (excludes halogenated alkanes) is 2. The first-order valence-corrected chi connectivity index (χ1v) is 16.0. The summed E-state index contributed by atoms with van der Waals surface area (Å²) < 4.78 is 0. The second-order valence-corrected chi connectivity index (χ2v) is 12.3. The van der Waals surface area contributed by atoms with Crippen LogP contribution in [0.2, 0.25) is 0 Å². The molecule has 0 radical (unpaired) electrons. The van der Waals surface area contributed by atoms with E-state index < -0.39 is 0 Å². The van der Waals surface area contributed by atoms with E-state index in [1.165, 1.54) is 110 Å². The molecule has 3 aromatic rings. The number of aromatic amines is 2. The summed E-state index contributed by atoms with van der Waals surface area (Å²) in [6.45, 7) is 15.9. The number of hydrogen-bond acceptors (Lipinski definition) is 2. The third-order valence-electron chi connectivity index (χ3n) is 9.81. The average Bonchev–Trinajstić information content (AvgIpc) is 3.64. The summed E-state index contributed by atoms with van der Waals surface area (Å²) in [6.07, 6.45) is 11.2. The molecular weight excluding hydrogens is 500 g/mol. The molecule has 41 heavy (non-hydrogen) atoms. The maximum Gasteiger partial charge on any atom is 0.0725 e. The van der Waals surface area contributed by atoms with Crippen LogP contribution in [0.3, 0.4) is 0 Å². The van der Waals surface area contributed by atoms with Crippen molar-refractivity contribution in [3.05, 3.63) is 68.8 Å². The number of nitrogens with zero attached hydrogens (tertiary/aromatic N) is 2. The third kappa shape index (κ3) is 4.70. The van der Waals surface area contributed by atoms with Gasteiger partial charge in [0.15, 0.2) is 0 Å². The van der Waals surface area contributed by atoms with Gasteiger partial charge in [-0.2, -0.15) is 0 Å². The van der Waals surface area contributed by atoms with E-state index in [0.29, 0.717) is 0 Å². The van der Waals surface area contributed by atoms with Crippen LogP contribution in [-0.4, -0.2) is 19.9 Å². The highest BCUT2D eigenvalue weighted by Crippen LogP contribution is 2.42. The first-order valence-electron chi connectivity index (χ1n) is 16.0. The molecule has 0 unspecified atom stereocenters. The Morgan fingerprint density at radius 2 is 1.39 bits per heavy atom. The molecule has 4 heteroatoms. The lowest BCUT2D eigenvalue weighted by Crippen LogP contribution is -2.02. The second kappa shape index (κ2) is 11.1. The average molecular weight is 547 g/mol. The maximum atomic E-state index is 5.34. The fraction of sp³-hybridized carbons (Fsp3) is 0.459. The standard InChI is InChI=1S/C37H46N4/c1-8-11-14-26-22(5)30-18-32-21(4)25(10-3)36(40-32)29-17-13-16-28-24(7)33(41-37(28)29)19-31-23(6)27(15-12-9-2)35(39-31)20-34(26)38-30/h18-20,38,40H,8-17H2,1-7H3. The Balaban J connectivity index is 1.77. The van der Waals surface area contributed by atoms with Gasteiger partial charge in [0.05, 0.1) is 22.8 Å². The molecule has 6 rings (SSSR count). The van der Waals surface area contributed by atoms with Gasteiger partial charge in [0.2, 0.25) is 0 Å². The van der Waals surface area contributed by atoms with Gasteiger partial charge in [-0.3, -0.25) is 0 Å². The zero-order chi connectivity index (χ0) is 28.8. The number of aryl methyl sites for hydroxylation is 5. The number of H-pyrrole nitrogens is 2. The quantitative estimate of drug-likeness (QED) is 0.310. The van der Waals surface area contributed by atoms with Crippen LogP contribution in [0.5, 0.6) is 0 Å². The lowest BCUT2D eigenvalue weighted by Gasteiger charge is -2.15. The maximum absolute atomic E-state index is 5.34. The SMILES string of the molecule is CCCCC1=C(C)c2cc3nc4c(c5[nH]c(cc6[nH]c(cc1n2)c(CCCC)c6C)c(C)c5CC)CCCC4=C3C. The number of rotatable bonds is 7. The van der Waals surface area contributed by atoms with Crippen molar-refractivity contribution in [1.29, 1.82) is 0 Å². The minimum atomic E-state index is 1.01. The molecule has 0 atom stereocenters. The minimum Gasteiger partial charge on any atom is -0.355 e. The summed E-state index contributed by atoms with van der Waals surface area (Å²) >= 11 is 0. The summed E-state index contributed by atoms with van der Waals surface area (Å²) in [5.41, 5.74) is 21.8. The van der Waals surface area contributed by atoms with E-state index in [1.54, 1.807) is 0 Å². The molecule has 5 heterocycles. The number of fused-ring (bicyclic) bond motifs is 8. The van der Waals surface area contributed by atoms with Crippen LogP contribution in [0.25, 0.3) is 44.4 Å². The van der Waals surface area contributed by atoms with Crippen molar-refractivity contribution in [3.63, 3.8) is 0 Å². The fourth-order valence-corrected chi connectivity index (χ4v) is 7.19. The van der Waals surface area contributed by atoms with Crippen LogP contribution in [0.15, 0.2) is 18.2 Å². The van der Waals surface area contributed by atoms with Gasteiger partial charge in [-0.25, -0.2) is 9.97 Å². The molecule has 0 aromatic carbocycles. The van der Waals surface area contributed by atoms with Crippen molar-refractivity contribution in [2.24, 2.45) is 0 Å². The Morgan fingerprint density at radius 1 is 0.683 bits per heavy atom. The molecule has 2 N–H and O–H groups in total. The predicted octanol–water partition coefficient (Wildman–Crippen LogP) is 10.2. The summed E-state index contributed by atoms with van der Waals surface area (Å²) in [4.78, 5) is 18.4. The summed E-state index contributed by atoms with van der Waals surface area (Å²) in [7, 11) is 0. The Labute approximate surface area is 245 Å². The number of aromatic nitrogens is 4. The largest absolute Gasteiger partial charge is 0.355 e. The summed E-state index contributed by atoms with van der Waals surface area (Å²) in [5.74, 6) is 0. The summed E-state index contributed by atoms with van der Waals surface area (Å²) in [6, 6.07) is 6.96. The Hall–Kier alpha value is -3.40. The monoisotopic (exact) mass is 546 g/mol. The predicted molar refractivity (Wildman–Crippen MR) is 176 cm³/mol. The zero-order valence-corrected chi connectivity index (χ0v) is 26.2. The fourth-order valence-electron chi connectivity index (χ4n) is 7.19. The number of hydrogen-bond donors (Lipinski definition) is 2. The highest BCUT2D eigenvalue weighted by molar-refractivity contribution is 5.97. The molecule has 3 aliphatic rings. The number of nitrogens with one attached hydrogen (secondary N) is 2. The van der Waals surface area contributed by atoms with Gasteiger partial charge in [-0.15, -0.1) is 0 Å². The van der Waals surface area contributed by atoms with Crippen LogP contribution >= 0.6 is 0 Å². The minimum absolute atomic E-state index is 1.01. The van der Waals surface area contributed by atoms with Crippen LogP contribution in [0, 0.1) is 13.8 Å². The lowest BCUT2D eigenvalue weighted by atomic mass is 9.89. The Kier molecular flexibility index (Phi) is 7.52. The normalized spacial score (nSPS) is 14.9. The van der Waals surface area contributed by atoms with Gasteiger partial charge < -0.3 is 9.97 Å². The number of allylic oxidation sites excluding steroid dienone is 4. The molecule has 3 aromatic heterocycles. The molecule has 0 saturated carbocycles. The van der Waals surface area contributed by atoms with Crippen molar-refractivity contribution in [2.45, 2.75) is 113 Å². The van der Waals surface area contributed by atoms with Crippen molar-refractivity contribution in [2.75, 3.05) is 0 Å². The van der Waals surface area contributed by atoms with Crippen molar-refractivity contribution >= 4 is 44.4 Å². The molecule has 4 nitrogen and oxygen atoms in total. The molecule has 0 spiro atoms. The van der Waals surface area contributed by atoms with E-state index in [9.17, 15) is 0 Å². The van der Waals surface area contributed by atoms with Crippen molar-refractivity contribution in [3.8, 4) is 0 Å². The topological polar surface area (TPSA) is 57.4 Å². The Bertz CT molecular complexity index is 1760. The molecule has 0 saturated heterocycles. The zero-order valence-electron chi connectivity index (χ0n) is 26.2.